The summed E-state index contributed by atoms with van der Waals surface area (Å²) in [5.74, 6) is -0.481. The maximum absolute atomic E-state index is 11.8. The van der Waals surface area contributed by atoms with E-state index in [1.165, 1.54) is 14.3 Å². The standard InChI is InChI=1S/C11H16B2NO4/c1-6-8(10(15)13(4)17)5-9(7(2)14-6)11(16)18-12-3/h14,17H,5H2,1-4H3. The lowest BCUT2D eigenvalue weighted by atomic mass is 9.63. The molecule has 0 aromatic rings. The van der Waals surface area contributed by atoms with E-state index >= 15 is 0 Å². The van der Waals surface area contributed by atoms with Gasteiger partial charge in [0.1, 0.15) is 0 Å². The van der Waals surface area contributed by atoms with Gasteiger partial charge in [-0.15, -0.1) is 0 Å². The van der Waals surface area contributed by atoms with Crippen molar-refractivity contribution in [3.63, 3.8) is 0 Å². The van der Waals surface area contributed by atoms with Crippen molar-refractivity contribution in [1.29, 1.82) is 0 Å². The van der Waals surface area contributed by atoms with Crippen LogP contribution in [0.25, 0.3) is 0 Å². The molecule has 2 N–H and O–H groups in total. The Bertz CT molecular complexity index is 440. The van der Waals surface area contributed by atoms with E-state index in [4.69, 9.17) is 4.65 Å². The average molecular weight is 248 g/mol. The first kappa shape index (κ1) is 14.6. The van der Waals surface area contributed by atoms with Gasteiger partial charge in [-0.05, 0) is 13.8 Å². The molecule has 1 rings (SSSR count). The van der Waals surface area contributed by atoms with Gasteiger partial charge in [-0.2, -0.15) is 0 Å². The number of carbonyl (C=O) groups excluding carboxylic acids is 2. The topological polar surface area (TPSA) is 75.6 Å². The van der Waals surface area contributed by atoms with Crippen LogP contribution in [0.4, 0.5) is 0 Å². The molecule has 0 spiro atoms. The van der Waals surface area contributed by atoms with E-state index in [2.05, 4.69) is 5.32 Å². The molecular weight excluding hydrogens is 232 g/mol. The summed E-state index contributed by atoms with van der Waals surface area (Å²) in [6.45, 7) is 5.43. The smallest absolute Gasteiger partial charge is 0.370 e. The number of nitrogens with one attached hydrogen (secondary N) is 1. The molecule has 1 heterocycles. The number of hydrogen-bond donors (Lipinski definition) is 2. The van der Waals surface area contributed by atoms with Crippen LogP contribution in [0.15, 0.2) is 22.5 Å². The van der Waals surface area contributed by atoms with Crippen molar-refractivity contribution < 1.29 is 19.3 Å². The van der Waals surface area contributed by atoms with Crippen LogP contribution in [0.1, 0.15) is 20.3 Å². The van der Waals surface area contributed by atoms with Gasteiger partial charge in [-0.3, -0.25) is 0 Å². The van der Waals surface area contributed by atoms with Crippen LogP contribution >= 0.6 is 0 Å². The van der Waals surface area contributed by atoms with Gasteiger partial charge in [0.15, 0.2) is 5.68 Å². The number of carbonyl (C=O) groups is 2. The minimum atomic E-state index is -1.08. The Morgan fingerprint density at radius 1 is 1.33 bits per heavy atom. The summed E-state index contributed by atoms with van der Waals surface area (Å²) in [6.07, 6.45) is 0.182. The third-order valence-electron chi connectivity index (χ3n) is 2.78. The summed E-state index contributed by atoms with van der Waals surface area (Å²) in [6, 6.07) is 0. The van der Waals surface area contributed by atoms with Gasteiger partial charge in [0.25, 0.3) is 0 Å². The molecule has 95 valence electrons. The molecule has 0 amide bonds. The number of hydrogen-bond acceptors (Lipinski definition) is 5. The third-order valence-corrected chi connectivity index (χ3v) is 2.78. The van der Waals surface area contributed by atoms with E-state index in [9.17, 15) is 14.6 Å². The highest BCUT2D eigenvalue weighted by Crippen LogP contribution is 2.24. The van der Waals surface area contributed by atoms with E-state index in [-0.39, 0.29) is 12.1 Å². The molecule has 0 bridgehead atoms. The van der Waals surface area contributed by atoms with Crippen molar-refractivity contribution in [1.82, 2.24) is 5.32 Å². The highest BCUT2D eigenvalue weighted by molar-refractivity contribution is 6.86. The van der Waals surface area contributed by atoms with Gasteiger partial charge in [-0.25, -0.2) is 4.79 Å². The van der Waals surface area contributed by atoms with Crippen molar-refractivity contribution in [2.75, 3.05) is 0 Å². The maximum Gasteiger partial charge on any atom is 0.370 e. The Morgan fingerprint density at radius 3 is 2.39 bits per heavy atom. The van der Waals surface area contributed by atoms with Crippen molar-refractivity contribution in [2.45, 2.75) is 33.9 Å². The number of allylic oxidation sites excluding steroid dienone is 3. The van der Waals surface area contributed by atoms with Crippen LogP contribution in [0.5, 0.6) is 0 Å². The molecule has 0 aromatic heterocycles. The van der Waals surface area contributed by atoms with Crippen LogP contribution in [0.3, 0.4) is 0 Å². The summed E-state index contributed by atoms with van der Waals surface area (Å²) in [7, 11) is 1.30. The molecule has 1 aliphatic rings. The zero-order valence-corrected chi connectivity index (χ0v) is 11.0. The molecule has 5 nitrogen and oxygen atoms in total. The average Bonchev–Trinajstić information content (AvgIpc) is 2.28. The van der Waals surface area contributed by atoms with Crippen LogP contribution in [0, 0.1) is 0 Å². The summed E-state index contributed by atoms with van der Waals surface area (Å²) < 4.78 is 4.82. The molecule has 1 aliphatic heterocycles. The molecule has 0 unspecified atom stereocenters. The van der Waals surface area contributed by atoms with Crippen LogP contribution in [0.2, 0.25) is 13.6 Å². The van der Waals surface area contributed by atoms with E-state index in [0.29, 0.717) is 22.5 Å². The molecule has 1 radical (unpaired) electrons. The van der Waals surface area contributed by atoms with Crippen molar-refractivity contribution in [3.8, 4) is 0 Å². The molecule has 0 aromatic carbocycles. The predicted molar refractivity (Wildman–Crippen MR) is 69.7 cm³/mol. The van der Waals surface area contributed by atoms with Gasteiger partial charge in [-0.1, -0.05) is 13.6 Å². The lowest BCUT2D eigenvalue weighted by Crippen LogP contribution is -2.31. The second kappa shape index (κ2) is 5.91. The monoisotopic (exact) mass is 248 g/mol. The molecular formula is C11H16B2NO4. The molecule has 0 fully saturated rings. The van der Waals surface area contributed by atoms with E-state index in [1.54, 1.807) is 20.7 Å². The van der Waals surface area contributed by atoms with Gasteiger partial charge < -0.3 is 19.8 Å². The summed E-state index contributed by atoms with van der Waals surface area (Å²) in [4.78, 5) is 23.5. The van der Waals surface area contributed by atoms with Gasteiger partial charge in [0, 0.05) is 23.4 Å². The Kier molecular flexibility index (Phi) is 4.78. The molecule has 0 aliphatic carbocycles. The van der Waals surface area contributed by atoms with Crippen LogP contribution < -0.4 is 5.32 Å². The highest BCUT2D eigenvalue weighted by atomic mass is 16.5. The normalized spacial score (nSPS) is 15.2. The molecule has 0 atom stereocenters. The lowest BCUT2D eigenvalue weighted by molar-refractivity contribution is -0.130. The SMILES string of the molecule is C[B]OC(=O)C1=C(C)NC(C)=C(C(=O)B(C)O)C1. The number of rotatable bonds is 4. The van der Waals surface area contributed by atoms with E-state index in [1.807, 2.05) is 0 Å². The van der Waals surface area contributed by atoms with Crippen molar-refractivity contribution in [3.05, 3.63) is 22.5 Å². The van der Waals surface area contributed by atoms with Gasteiger partial charge in [0.05, 0.1) is 5.57 Å². The minimum Gasteiger partial charge on any atom is -0.536 e. The molecule has 7 heteroatoms. The summed E-state index contributed by atoms with van der Waals surface area (Å²) >= 11 is 0. The maximum atomic E-state index is 11.8. The molecule has 0 saturated heterocycles. The lowest BCUT2D eigenvalue weighted by Gasteiger charge is -2.23. The molecule has 18 heavy (non-hydrogen) atoms. The van der Waals surface area contributed by atoms with Crippen LogP contribution in [-0.4, -0.2) is 31.1 Å². The number of dihydropyridines is 1. The summed E-state index contributed by atoms with van der Waals surface area (Å²) in [5, 5.41) is 12.3. The first-order chi connectivity index (χ1) is 8.38. The van der Waals surface area contributed by atoms with Gasteiger partial charge in [0.2, 0.25) is 0 Å². The minimum absolute atomic E-state index is 0.182. The zero-order valence-electron chi connectivity index (χ0n) is 11.0. The van der Waals surface area contributed by atoms with Gasteiger partial charge >= 0.3 is 20.4 Å². The summed E-state index contributed by atoms with van der Waals surface area (Å²) in [5.41, 5.74) is 1.77. The first-order valence-electron chi connectivity index (χ1n) is 5.76. The Balaban J connectivity index is 2.97. The van der Waals surface area contributed by atoms with E-state index in [0.717, 1.165) is 0 Å². The fraction of sp³-hybridized carbons (Fsp3) is 0.455. The quantitative estimate of drug-likeness (QED) is 0.706. The second-order valence-corrected chi connectivity index (χ2v) is 4.19. The Labute approximate surface area is 108 Å². The predicted octanol–water partition coefficient (Wildman–Crippen LogP) is 0.460. The second-order valence-electron chi connectivity index (χ2n) is 4.19. The largest absolute Gasteiger partial charge is 0.536 e. The van der Waals surface area contributed by atoms with E-state index < -0.39 is 12.9 Å². The highest BCUT2D eigenvalue weighted by Gasteiger charge is 2.28. The van der Waals surface area contributed by atoms with Crippen LogP contribution in [-0.2, 0) is 14.2 Å². The fourth-order valence-corrected chi connectivity index (χ4v) is 1.80. The van der Waals surface area contributed by atoms with Crippen molar-refractivity contribution >= 4 is 26.0 Å². The first-order valence-corrected chi connectivity index (χ1v) is 5.76. The Morgan fingerprint density at radius 2 is 1.89 bits per heavy atom. The van der Waals surface area contributed by atoms with Crippen molar-refractivity contribution in [2.24, 2.45) is 0 Å². The zero-order chi connectivity index (χ0) is 13.9. The fourth-order valence-electron chi connectivity index (χ4n) is 1.80. The Hall–Kier alpha value is -1.49. The third kappa shape index (κ3) is 3.04. The molecule has 0 saturated carbocycles.